The van der Waals surface area contributed by atoms with Crippen molar-refractivity contribution in [3.63, 3.8) is 0 Å². The molecule has 2 N–H and O–H groups in total. The third-order valence-corrected chi connectivity index (χ3v) is 1.88. The minimum absolute atomic E-state index is 0.660. The summed E-state index contributed by atoms with van der Waals surface area (Å²) in [4.78, 5) is 4.27. The van der Waals surface area contributed by atoms with Crippen molar-refractivity contribution in [3.8, 4) is 0 Å². The molecule has 0 atom stereocenters. The van der Waals surface area contributed by atoms with E-state index in [-0.39, 0.29) is 0 Å². The Labute approximate surface area is 67.5 Å². The summed E-state index contributed by atoms with van der Waals surface area (Å²) in [5, 5.41) is 0. The average Bonchev–Trinajstić information content (AvgIpc) is 1.97. The number of nitrogen functional groups attached to an aromatic ring is 1. The molecule has 0 bridgehead atoms. The van der Waals surface area contributed by atoms with E-state index < -0.39 is 0 Å². The number of anilines is 1. The van der Waals surface area contributed by atoms with Crippen LogP contribution in [0.15, 0.2) is 6.07 Å². The summed E-state index contributed by atoms with van der Waals surface area (Å²) in [5.74, 6) is 0.660. The lowest BCUT2D eigenvalue weighted by Crippen LogP contribution is -2.00. The maximum atomic E-state index is 5.65. The molecule has 0 radical (unpaired) electrons. The van der Waals surface area contributed by atoms with Crippen LogP contribution in [0.2, 0.25) is 0 Å². The first-order chi connectivity index (χ1) is 5.15. The summed E-state index contributed by atoms with van der Waals surface area (Å²) in [5.41, 5.74) is 9.06. The number of nitrogens with zero attached hydrogens (tertiary/aromatic N) is 1. The van der Waals surface area contributed by atoms with Crippen LogP contribution in [0.25, 0.3) is 0 Å². The molecule has 0 saturated heterocycles. The standard InChI is InChI=1S/C9H14N2/c1-4-8-6(2)5-7(3)9(10)11-8/h5H,4H2,1-3H3,(H2,10,11). The number of pyridine rings is 1. The number of hydrogen-bond acceptors (Lipinski definition) is 2. The van der Waals surface area contributed by atoms with E-state index in [0.717, 1.165) is 17.7 Å². The Bertz CT molecular complexity index is 267. The zero-order valence-electron chi connectivity index (χ0n) is 7.31. The third-order valence-electron chi connectivity index (χ3n) is 1.88. The number of aromatic nitrogens is 1. The van der Waals surface area contributed by atoms with Crippen molar-refractivity contribution in [2.24, 2.45) is 0 Å². The van der Waals surface area contributed by atoms with Crippen molar-refractivity contribution in [1.29, 1.82) is 0 Å². The molecule has 0 spiro atoms. The van der Waals surface area contributed by atoms with E-state index in [1.165, 1.54) is 5.56 Å². The maximum absolute atomic E-state index is 5.65. The van der Waals surface area contributed by atoms with Gasteiger partial charge in [0.05, 0.1) is 0 Å². The molecule has 0 aliphatic carbocycles. The summed E-state index contributed by atoms with van der Waals surface area (Å²) in [6.07, 6.45) is 0.955. The van der Waals surface area contributed by atoms with Gasteiger partial charge in [-0.05, 0) is 31.4 Å². The smallest absolute Gasteiger partial charge is 0.126 e. The van der Waals surface area contributed by atoms with Crippen LogP contribution in [0, 0.1) is 13.8 Å². The second-order valence-corrected chi connectivity index (χ2v) is 2.81. The second kappa shape index (κ2) is 2.91. The molecule has 2 nitrogen and oxygen atoms in total. The van der Waals surface area contributed by atoms with Crippen molar-refractivity contribution in [1.82, 2.24) is 4.98 Å². The number of nitrogens with two attached hydrogens (primary N) is 1. The highest BCUT2D eigenvalue weighted by Gasteiger charge is 2.00. The molecule has 0 aromatic carbocycles. The Morgan fingerprint density at radius 3 is 2.55 bits per heavy atom. The van der Waals surface area contributed by atoms with E-state index >= 15 is 0 Å². The van der Waals surface area contributed by atoms with Crippen molar-refractivity contribution in [2.45, 2.75) is 27.2 Å². The van der Waals surface area contributed by atoms with Gasteiger partial charge in [-0.25, -0.2) is 4.98 Å². The zero-order valence-corrected chi connectivity index (χ0v) is 7.31. The van der Waals surface area contributed by atoms with Crippen LogP contribution in [0.4, 0.5) is 5.82 Å². The van der Waals surface area contributed by atoms with Crippen LogP contribution in [-0.2, 0) is 6.42 Å². The molecule has 2 heteroatoms. The van der Waals surface area contributed by atoms with Crippen LogP contribution < -0.4 is 5.73 Å². The number of aryl methyl sites for hydroxylation is 3. The number of rotatable bonds is 1. The van der Waals surface area contributed by atoms with Gasteiger partial charge in [-0.2, -0.15) is 0 Å². The van der Waals surface area contributed by atoms with Crippen LogP contribution >= 0.6 is 0 Å². The summed E-state index contributed by atoms with van der Waals surface area (Å²) < 4.78 is 0. The fraction of sp³-hybridized carbons (Fsp3) is 0.444. The summed E-state index contributed by atoms with van der Waals surface area (Å²) in [6.45, 7) is 6.14. The fourth-order valence-electron chi connectivity index (χ4n) is 1.16. The van der Waals surface area contributed by atoms with Gasteiger partial charge in [0, 0.05) is 5.69 Å². The molecule has 0 unspecified atom stereocenters. The largest absolute Gasteiger partial charge is 0.383 e. The monoisotopic (exact) mass is 150 g/mol. The SMILES string of the molecule is CCc1nc(N)c(C)cc1C. The number of hydrogen-bond donors (Lipinski definition) is 1. The predicted octanol–water partition coefficient (Wildman–Crippen LogP) is 1.84. The highest BCUT2D eigenvalue weighted by atomic mass is 14.8. The molecular weight excluding hydrogens is 136 g/mol. The lowest BCUT2D eigenvalue weighted by atomic mass is 10.1. The van der Waals surface area contributed by atoms with Crippen molar-refractivity contribution in [3.05, 3.63) is 22.9 Å². The molecule has 0 aliphatic heterocycles. The zero-order chi connectivity index (χ0) is 8.43. The van der Waals surface area contributed by atoms with Gasteiger partial charge in [-0.3, -0.25) is 0 Å². The van der Waals surface area contributed by atoms with Gasteiger partial charge in [0.2, 0.25) is 0 Å². The van der Waals surface area contributed by atoms with Gasteiger partial charge in [0.15, 0.2) is 0 Å². The van der Waals surface area contributed by atoms with Crippen molar-refractivity contribution in [2.75, 3.05) is 5.73 Å². The topological polar surface area (TPSA) is 38.9 Å². The minimum atomic E-state index is 0.660. The first-order valence-electron chi connectivity index (χ1n) is 3.87. The van der Waals surface area contributed by atoms with Gasteiger partial charge < -0.3 is 5.73 Å². The lowest BCUT2D eigenvalue weighted by Gasteiger charge is -2.05. The van der Waals surface area contributed by atoms with E-state index in [9.17, 15) is 0 Å². The van der Waals surface area contributed by atoms with Crippen molar-refractivity contribution >= 4 is 5.82 Å². The molecule has 1 heterocycles. The Kier molecular flexibility index (Phi) is 2.13. The minimum Gasteiger partial charge on any atom is -0.383 e. The molecule has 0 saturated carbocycles. The van der Waals surface area contributed by atoms with Gasteiger partial charge in [-0.15, -0.1) is 0 Å². The van der Waals surface area contributed by atoms with E-state index in [4.69, 9.17) is 5.73 Å². The van der Waals surface area contributed by atoms with Gasteiger partial charge in [0.1, 0.15) is 5.82 Å². The summed E-state index contributed by atoms with van der Waals surface area (Å²) in [6, 6.07) is 2.08. The second-order valence-electron chi connectivity index (χ2n) is 2.81. The summed E-state index contributed by atoms with van der Waals surface area (Å²) >= 11 is 0. The molecular formula is C9H14N2. The fourth-order valence-corrected chi connectivity index (χ4v) is 1.16. The van der Waals surface area contributed by atoms with Crippen molar-refractivity contribution < 1.29 is 0 Å². The summed E-state index contributed by atoms with van der Waals surface area (Å²) in [7, 11) is 0. The normalized spacial score (nSPS) is 10.1. The van der Waals surface area contributed by atoms with E-state index in [0.29, 0.717) is 5.82 Å². The maximum Gasteiger partial charge on any atom is 0.126 e. The van der Waals surface area contributed by atoms with Crippen LogP contribution in [0.1, 0.15) is 23.7 Å². The van der Waals surface area contributed by atoms with Gasteiger partial charge in [-0.1, -0.05) is 13.0 Å². The highest BCUT2D eigenvalue weighted by molar-refractivity contribution is 5.42. The molecule has 11 heavy (non-hydrogen) atoms. The quantitative estimate of drug-likeness (QED) is 0.663. The Balaban J connectivity index is 3.21. The Hall–Kier alpha value is -1.05. The molecule has 1 rings (SSSR count). The first-order valence-corrected chi connectivity index (χ1v) is 3.87. The molecule has 1 aromatic rings. The molecule has 0 amide bonds. The third kappa shape index (κ3) is 1.50. The Morgan fingerprint density at radius 1 is 1.36 bits per heavy atom. The molecule has 1 aromatic heterocycles. The Morgan fingerprint density at radius 2 is 2.00 bits per heavy atom. The van der Waals surface area contributed by atoms with E-state index in [1.54, 1.807) is 0 Å². The lowest BCUT2D eigenvalue weighted by molar-refractivity contribution is 1.01. The van der Waals surface area contributed by atoms with E-state index in [1.807, 2.05) is 6.92 Å². The van der Waals surface area contributed by atoms with Gasteiger partial charge in [0.25, 0.3) is 0 Å². The van der Waals surface area contributed by atoms with Crippen LogP contribution in [-0.4, -0.2) is 4.98 Å². The molecule has 0 aliphatic rings. The van der Waals surface area contributed by atoms with E-state index in [2.05, 4.69) is 24.9 Å². The molecule has 60 valence electrons. The predicted molar refractivity (Wildman–Crippen MR) is 47.5 cm³/mol. The molecule has 0 fully saturated rings. The average molecular weight is 150 g/mol. The highest BCUT2D eigenvalue weighted by Crippen LogP contribution is 2.13. The van der Waals surface area contributed by atoms with Gasteiger partial charge >= 0.3 is 0 Å². The first kappa shape index (κ1) is 8.05. The van der Waals surface area contributed by atoms with Crippen LogP contribution in [0.5, 0.6) is 0 Å². The van der Waals surface area contributed by atoms with Crippen LogP contribution in [0.3, 0.4) is 0 Å².